The average Bonchev–Trinajstić information content (AvgIpc) is 2.63. The van der Waals surface area contributed by atoms with E-state index in [9.17, 15) is 4.79 Å². The van der Waals surface area contributed by atoms with Gasteiger partial charge in [0, 0.05) is 37.9 Å². The topological polar surface area (TPSA) is 66.5 Å². The van der Waals surface area contributed by atoms with E-state index in [1.54, 1.807) is 6.20 Å². The molecule has 1 aliphatic heterocycles. The van der Waals surface area contributed by atoms with Gasteiger partial charge in [0.2, 0.25) is 0 Å². The van der Waals surface area contributed by atoms with Gasteiger partial charge < -0.3 is 15.4 Å². The number of rotatable bonds is 5. The molecule has 2 amide bonds. The van der Waals surface area contributed by atoms with Crippen LogP contribution in [0.3, 0.4) is 0 Å². The maximum absolute atomic E-state index is 12.2. The van der Waals surface area contributed by atoms with Crippen molar-refractivity contribution in [3.63, 3.8) is 0 Å². The first-order valence-corrected chi connectivity index (χ1v) is 8.61. The molecule has 6 heteroatoms. The molecule has 0 bridgehead atoms. The van der Waals surface area contributed by atoms with Crippen LogP contribution >= 0.6 is 0 Å². The molecule has 1 fully saturated rings. The maximum Gasteiger partial charge on any atom is 0.319 e. The fraction of sp³-hybridized carbons (Fsp3) is 0.368. The lowest BCUT2D eigenvalue weighted by atomic mass is 10.1. The maximum atomic E-state index is 12.2. The SMILES string of the molecule is CC1CN(CCNC(=O)Nc2cccnc2-c2ccccc2)CCO1. The number of hydrogen-bond acceptors (Lipinski definition) is 4. The van der Waals surface area contributed by atoms with Crippen LogP contribution in [0.4, 0.5) is 10.5 Å². The molecule has 1 aromatic carbocycles. The van der Waals surface area contributed by atoms with Crippen LogP contribution in [0.5, 0.6) is 0 Å². The number of amides is 2. The zero-order chi connectivity index (χ0) is 17.5. The van der Waals surface area contributed by atoms with Gasteiger partial charge in [0.05, 0.1) is 24.1 Å². The molecule has 3 rings (SSSR count). The van der Waals surface area contributed by atoms with E-state index in [0.717, 1.165) is 37.5 Å². The Labute approximate surface area is 148 Å². The minimum absolute atomic E-state index is 0.216. The molecule has 1 saturated heterocycles. The van der Waals surface area contributed by atoms with E-state index in [4.69, 9.17) is 4.74 Å². The van der Waals surface area contributed by atoms with Crippen molar-refractivity contribution in [2.45, 2.75) is 13.0 Å². The summed E-state index contributed by atoms with van der Waals surface area (Å²) in [6, 6.07) is 13.3. The highest BCUT2D eigenvalue weighted by atomic mass is 16.5. The molecule has 0 saturated carbocycles. The number of nitrogens with one attached hydrogen (secondary N) is 2. The van der Waals surface area contributed by atoms with Gasteiger partial charge in [0.15, 0.2) is 0 Å². The van der Waals surface area contributed by atoms with Crippen LogP contribution in [-0.4, -0.2) is 54.8 Å². The third kappa shape index (κ3) is 5.01. The predicted molar refractivity (Wildman–Crippen MR) is 98.5 cm³/mol. The molecule has 25 heavy (non-hydrogen) atoms. The second-order valence-corrected chi connectivity index (χ2v) is 6.13. The Kier molecular flexibility index (Phi) is 5.98. The number of hydrogen-bond donors (Lipinski definition) is 2. The van der Waals surface area contributed by atoms with Gasteiger partial charge in [-0.3, -0.25) is 9.88 Å². The minimum atomic E-state index is -0.216. The van der Waals surface area contributed by atoms with Crippen LogP contribution < -0.4 is 10.6 Å². The van der Waals surface area contributed by atoms with E-state index in [1.165, 1.54) is 0 Å². The summed E-state index contributed by atoms with van der Waals surface area (Å²) < 4.78 is 5.52. The number of benzene rings is 1. The first-order chi connectivity index (χ1) is 12.2. The summed E-state index contributed by atoms with van der Waals surface area (Å²) in [5, 5.41) is 5.81. The second kappa shape index (κ2) is 8.60. The van der Waals surface area contributed by atoms with E-state index in [2.05, 4.69) is 27.4 Å². The summed E-state index contributed by atoms with van der Waals surface area (Å²) >= 11 is 0. The molecular weight excluding hydrogens is 316 g/mol. The molecule has 1 atom stereocenters. The molecule has 1 aromatic heterocycles. The Morgan fingerprint density at radius 2 is 2.12 bits per heavy atom. The summed E-state index contributed by atoms with van der Waals surface area (Å²) in [7, 11) is 0. The van der Waals surface area contributed by atoms with Crippen molar-refractivity contribution in [2.75, 3.05) is 38.1 Å². The molecule has 1 unspecified atom stereocenters. The lowest BCUT2D eigenvalue weighted by molar-refractivity contribution is -0.0174. The number of ether oxygens (including phenoxy) is 1. The Bertz CT molecular complexity index is 693. The van der Waals surface area contributed by atoms with Crippen LogP contribution in [0.15, 0.2) is 48.7 Å². The predicted octanol–water partition coefficient (Wildman–Crippen LogP) is 2.59. The van der Waals surface area contributed by atoms with Gasteiger partial charge in [-0.1, -0.05) is 30.3 Å². The Morgan fingerprint density at radius 1 is 1.28 bits per heavy atom. The van der Waals surface area contributed by atoms with E-state index >= 15 is 0 Å². The largest absolute Gasteiger partial charge is 0.376 e. The number of carbonyl (C=O) groups is 1. The monoisotopic (exact) mass is 340 g/mol. The van der Waals surface area contributed by atoms with Gasteiger partial charge >= 0.3 is 6.03 Å². The fourth-order valence-electron chi connectivity index (χ4n) is 2.92. The quantitative estimate of drug-likeness (QED) is 0.878. The highest BCUT2D eigenvalue weighted by molar-refractivity contribution is 5.93. The van der Waals surface area contributed by atoms with Gasteiger partial charge in [-0.15, -0.1) is 0 Å². The average molecular weight is 340 g/mol. The van der Waals surface area contributed by atoms with Gasteiger partial charge in [0.1, 0.15) is 0 Å². The van der Waals surface area contributed by atoms with Gasteiger partial charge in [0.25, 0.3) is 0 Å². The fourth-order valence-corrected chi connectivity index (χ4v) is 2.92. The number of pyridine rings is 1. The van der Waals surface area contributed by atoms with Crippen LogP contribution in [0, 0.1) is 0 Å². The van der Waals surface area contributed by atoms with Crippen LogP contribution in [0.2, 0.25) is 0 Å². The smallest absolute Gasteiger partial charge is 0.319 e. The number of nitrogens with zero attached hydrogens (tertiary/aromatic N) is 2. The molecule has 0 spiro atoms. The van der Waals surface area contributed by atoms with Crippen LogP contribution in [0.1, 0.15) is 6.92 Å². The summed E-state index contributed by atoms with van der Waals surface area (Å²) in [6.07, 6.45) is 1.98. The molecule has 2 heterocycles. The lowest BCUT2D eigenvalue weighted by Gasteiger charge is -2.30. The molecule has 0 aliphatic carbocycles. The molecule has 2 aromatic rings. The summed E-state index contributed by atoms with van der Waals surface area (Å²) in [4.78, 5) is 18.9. The van der Waals surface area contributed by atoms with Crippen molar-refractivity contribution >= 4 is 11.7 Å². The summed E-state index contributed by atoms with van der Waals surface area (Å²) in [5.74, 6) is 0. The van der Waals surface area contributed by atoms with Crippen LogP contribution in [-0.2, 0) is 4.74 Å². The Balaban J connectivity index is 1.53. The van der Waals surface area contributed by atoms with Gasteiger partial charge in [-0.2, -0.15) is 0 Å². The number of aromatic nitrogens is 1. The first-order valence-electron chi connectivity index (χ1n) is 8.61. The number of morpholine rings is 1. The van der Waals surface area contributed by atoms with Crippen LogP contribution in [0.25, 0.3) is 11.3 Å². The zero-order valence-electron chi connectivity index (χ0n) is 14.4. The zero-order valence-corrected chi connectivity index (χ0v) is 14.4. The molecule has 2 N–H and O–H groups in total. The lowest BCUT2D eigenvalue weighted by Crippen LogP contribution is -2.45. The van der Waals surface area contributed by atoms with E-state index in [0.29, 0.717) is 12.2 Å². The van der Waals surface area contributed by atoms with E-state index in [1.807, 2.05) is 42.5 Å². The van der Waals surface area contributed by atoms with E-state index < -0.39 is 0 Å². The normalized spacial score (nSPS) is 17.9. The number of carbonyl (C=O) groups excluding carboxylic acids is 1. The van der Waals surface area contributed by atoms with Gasteiger partial charge in [-0.05, 0) is 19.1 Å². The standard InChI is InChI=1S/C19H24N4O2/c1-15-14-23(12-13-25-15)11-10-21-19(24)22-17-8-5-9-20-18(17)16-6-3-2-4-7-16/h2-9,15H,10-14H2,1H3,(H2,21,22,24). The molecule has 1 aliphatic rings. The molecule has 132 valence electrons. The van der Waals surface area contributed by atoms with Crippen molar-refractivity contribution in [3.05, 3.63) is 48.7 Å². The van der Waals surface area contributed by atoms with Crippen molar-refractivity contribution in [2.24, 2.45) is 0 Å². The highest BCUT2D eigenvalue weighted by Gasteiger charge is 2.16. The first kappa shape index (κ1) is 17.4. The Hall–Kier alpha value is -2.44. The van der Waals surface area contributed by atoms with Gasteiger partial charge in [-0.25, -0.2) is 4.79 Å². The van der Waals surface area contributed by atoms with E-state index in [-0.39, 0.29) is 12.1 Å². The molecule has 6 nitrogen and oxygen atoms in total. The van der Waals surface area contributed by atoms with Crippen molar-refractivity contribution in [1.82, 2.24) is 15.2 Å². The third-order valence-corrected chi connectivity index (χ3v) is 4.14. The van der Waals surface area contributed by atoms with Crippen molar-refractivity contribution in [3.8, 4) is 11.3 Å². The Morgan fingerprint density at radius 3 is 2.92 bits per heavy atom. The summed E-state index contributed by atoms with van der Waals surface area (Å²) in [5.41, 5.74) is 2.44. The number of urea groups is 1. The number of anilines is 1. The summed E-state index contributed by atoms with van der Waals surface area (Å²) in [6.45, 7) is 6.06. The molecule has 0 radical (unpaired) electrons. The highest BCUT2D eigenvalue weighted by Crippen LogP contribution is 2.24. The second-order valence-electron chi connectivity index (χ2n) is 6.13. The minimum Gasteiger partial charge on any atom is -0.376 e. The van der Waals surface area contributed by atoms with Crippen molar-refractivity contribution < 1.29 is 9.53 Å². The third-order valence-electron chi connectivity index (χ3n) is 4.14. The molecular formula is C19H24N4O2. The van der Waals surface area contributed by atoms with Crippen molar-refractivity contribution in [1.29, 1.82) is 0 Å².